The predicted molar refractivity (Wildman–Crippen MR) is 76.4 cm³/mol. The van der Waals surface area contributed by atoms with Crippen LogP contribution in [0.4, 0.5) is 0 Å². The minimum absolute atomic E-state index is 0.149. The molecule has 0 saturated heterocycles. The zero-order chi connectivity index (χ0) is 13.7. The summed E-state index contributed by atoms with van der Waals surface area (Å²) in [6, 6.07) is 6.36. The van der Waals surface area contributed by atoms with Crippen molar-refractivity contribution in [3.05, 3.63) is 29.3 Å². The number of carbonyl (C=O) groups is 1. The van der Waals surface area contributed by atoms with Gasteiger partial charge in [0.15, 0.2) is 0 Å². The Bertz CT molecular complexity index is 440. The summed E-state index contributed by atoms with van der Waals surface area (Å²) in [5.41, 5.74) is 2.58. The van der Waals surface area contributed by atoms with Gasteiger partial charge < -0.3 is 10.1 Å². The van der Waals surface area contributed by atoms with Crippen molar-refractivity contribution in [2.45, 2.75) is 39.5 Å². The SMILES string of the molecule is CC(C)CC(=O)NCCc1ccc2c(c1)CCCO2. The normalized spacial score (nSPS) is 13.8. The van der Waals surface area contributed by atoms with Gasteiger partial charge in [-0.1, -0.05) is 26.0 Å². The Morgan fingerprint density at radius 3 is 3.05 bits per heavy atom. The average Bonchev–Trinajstić information content (AvgIpc) is 2.37. The zero-order valence-electron chi connectivity index (χ0n) is 11.9. The number of aryl methyl sites for hydroxylation is 1. The van der Waals surface area contributed by atoms with E-state index in [-0.39, 0.29) is 5.91 Å². The summed E-state index contributed by atoms with van der Waals surface area (Å²) in [6.45, 7) is 5.66. The molecule has 19 heavy (non-hydrogen) atoms. The molecule has 1 aromatic carbocycles. The van der Waals surface area contributed by atoms with Crippen molar-refractivity contribution in [3.63, 3.8) is 0 Å². The third-order valence-electron chi connectivity index (χ3n) is 3.30. The molecule has 0 spiro atoms. The summed E-state index contributed by atoms with van der Waals surface area (Å²) >= 11 is 0. The molecule has 1 aliphatic rings. The van der Waals surface area contributed by atoms with Crippen LogP contribution in [0.2, 0.25) is 0 Å². The fraction of sp³-hybridized carbons (Fsp3) is 0.562. The second-order valence-electron chi connectivity index (χ2n) is 5.59. The van der Waals surface area contributed by atoms with E-state index in [4.69, 9.17) is 4.74 Å². The number of amides is 1. The minimum Gasteiger partial charge on any atom is -0.493 e. The summed E-state index contributed by atoms with van der Waals surface area (Å²) in [5, 5.41) is 2.97. The largest absolute Gasteiger partial charge is 0.493 e. The molecule has 0 fully saturated rings. The molecule has 1 aliphatic heterocycles. The highest BCUT2D eigenvalue weighted by Gasteiger charge is 2.10. The molecule has 0 radical (unpaired) electrons. The van der Waals surface area contributed by atoms with Gasteiger partial charge in [-0.15, -0.1) is 0 Å². The van der Waals surface area contributed by atoms with Crippen LogP contribution in [0.25, 0.3) is 0 Å². The standard InChI is InChI=1S/C16H23NO2/c1-12(2)10-16(18)17-8-7-13-5-6-15-14(11-13)4-3-9-19-15/h5-6,11-12H,3-4,7-10H2,1-2H3,(H,17,18). The third kappa shape index (κ3) is 4.27. The number of rotatable bonds is 5. The van der Waals surface area contributed by atoms with Gasteiger partial charge in [-0.2, -0.15) is 0 Å². The molecule has 0 saturated carbocycles. The van der Waals surface area contributed by atoms with Gasteiger partial charge in [-0.3, -0.25) is 4.79 Å². The Morgan fingerprint density at radius 1 is 1.42 bits per heavy atom. The molecular formula is C16H23NO2. The number of nitrogens with one attached hydrogen (secondary N) is 1. The quantitative estimate of drug-likeness (QED) is 0.885. The lowest BCUT2D eigenvalue weighted by molar-refractivity contribution is -0.121. The topological polar surface area (TPSA) is 38.3 Å². The summed E-state index contributed by atoms with van der Waals surface area (Å²) in [4.78, 5) is 11.5. The molecule has 1 N–H and O–H groups in total. The second-order valence-corrected chi connectivity index (χ2v) is 5.59. The molecule has 0 atom stereocenters. The Kier molecular flexibility index (Phi) is 4.83. The average molecular weight is 261 g/mol. The number of hydrogen-bond donors (Lipinski definition) is 1. The molecule has 104 valence electrons. The first-order valence-electron chi connectivity index (χ1n) is 7.16. The van der Waals surface area contributed by atoms with Crippen molar-refractivity contribution in [2.24, 2.45) is 5.92 Å². The van der Waals surface area contributed by atoms with Crippen molar-refractivity contribution in [3.8, 4) is 5.75 Å². The van der Waals surface area contributed by atoms with E-state index in [0.717, 1.165) is 31.6 Å². The maximum Gasteiger partial charge on any atom is 0.220 e. The molecule has 0 bridgehead atoms. The fourth-order valence-electron chi connectivity index (χ4n) is 2.36. The third-order valence-corrected chi connectivity index (χ3v) is 3.30. The second kappa shape index (κ2) is 6.60. The van der Waals surface area contributed by atoms with E-state index in [1.807, 2.05) is 0 Å². The first-order chi connectivity index (χ1) is 9.15. The van der Waals surface area contributed by atoms with E-state index in [9.17, 15) is 4.79 Å². The van der Waals surface area contributed by atoms with Crippen molar-refractivity contribution in [2.75, 3.05) is 13.2 Å². The van der Waals surface area contributed by atoms with Gasteiger partial charge in [0, 0.05) is 13.0 Å². The molecule has 0 unspecified atom stereocenters. The van der Waals surface area contributed by atoms with E-state index >= 15 is 0 Å². The maximum absolute atomic E-state index is 11.5. The van der Waals surface area contributed by atoms with Gasteiger partial charge in [0.25, 0.3) is 0 Å². The van der Waals surface area contributed by atoms with E-state index in [2.05, 4.69) is 37.4 Å². The first kappa shape index (κ1) is 13.9. The Hall–Kier alpha value is -1.51. The molecular weight excluding hydrogens is 238 g/mol. The van der Waals surface area contributed by atoms with E-state index < -0.39 is 0 Å². The molecule has 0 aliphatic carbocycles. The Labute approximate surface area is 115 Å². The van der Waals surface area contributed by atoms with Crippen molar-refractivity contribution in [1.82, 2.24) is 5.32 Å². The van der Waals surface area contributed by atoms with Crippen molar-refractivity contribution < 1.29 is 9.53 Å². The highest BCUT2D eigenvalue weighted by molar-refractivity contribution is 5.76. The van der Waals surface area contributed by atoms with Crippen LogP contribution < -0.4 is 10.1 Å². The van der Waals surface area contributed by atoms with E-state index in [0.29, 0.717) is 18.9 Å². The van der Waals surface area contributed by atoms with Crippen molar-refractivity contribution >= 4 is 5.91 Å². The van der Waals surface area contributed by atoms with E-state index in [1.165, 1.54) is 11.1 Å². The lowest BCUT2D eigenvalue weighted by Crippen LogP contribution is -2.26. The molecule has 1 aromatic rings. The summed E-state index contributed by atoms with van der Waals surface area (Å²) in [6.07, 6.45) is 3.69. The molecule has 1 amide bonds. The van der Waals surface area contributed by atoms with Gasteiger partial charge in [0.2, 0.25) is 5.91 Å². The summed E-state index contributed by atoms with van der Waals surface area (Å²) in [7, 11) is 0. The highest BCUT2D eigenvalue weighted by Crippen LogP contribution is 2.25. The summed E-state index contributed by atoms with van der Waals surface area (Å²) in [5.74, 6) is 1.59. The number of fused-ring (bicyclic) bond motifs is 1. The van der Waals surface area contributed by atoms with Gasteiger partial charge in [-0.05, 0) is 42.4 Å². The van der Waals surface area contributed by atoms with Gasteiger partial charge >= 0.3 is 0 Å². The van der Waals surface area contributed by atoms with Gasteiger partial charge in [-0.25, -0.2) is 0 Å². The zero-order valence-corrected chi connectivity index (χ0v) is 11.9. The van der Waals surface area contributed by atoms with Crippen LogP contribution in [-0.4, -0.2) is 19.1 Å². The lowest BCUT2D eigenvalue weighted by atomic mass is 10.0. The number of ether oxygens (including phenoxy) is 1. The van der Waals surface area contributed by atoms with Crippen LogP contribution in [0.1, 0.15) is 37.8 Å². The smallest absolute Gasteiger partial charge is 0.220 e. The highest BCUT2D eigenvalue weighted by atomic mass is 16.5. The van der Waals surface area contributed by atoms with E-state index in [1.54, 1.807) is 0 Å². The van der Waals surface area contributed by atoms with Crippen molar-refractivity contribution in [1.29, 1.82) is 0 Å². The Morgan fingerprint density at radius 2 is 2.26 bits per heavy atom. The molecule has 0 aromatic heterocycles. The maximum atomic E-state index is 11.5. The van der Waals surface area contributed by atoms with Crippen LogP contribution in [0.15, 0.2) is 18.2 Å². The van der Waals surface area contributed by atoms with Crippen LogP contribution >= 0.6 is 0 Å². The fourth-order valence-corrected chi connectivity index (χ4v) is 2.36. The van der Waals surface area contributed by atoms with Crippen LogP contribution in [0.5, 0.6) is 5.75 Å². The number of carbonyl (C=O) groups excluding carboxylic acids is 1. The minimum atomic E-state index is 0.149. The first-order valence-corrected chi connectivity index (χ1v) is 7.16. The number of hydrogen-bond acceptors (Lipinski definition) is 2. The molecule has 2 rings (SSSR count). The summed E-state index contributed by atoms with van der Waals surface area (Å²) < 4.78 is 5.60. The van der Waals surface area contributed by atoms with Gasteiger partial charge in [0.1, 0.15) is 5.75 Å². The molecule has 3 heteroatoms. The van der Waals surface area contributed by atoms with Gasteiger partial charge in [0.05, 0.1) is 6.61 Å². The number of benzene rings is 1. The monoisotopic (exact) mass is 261 g/mol. The predicted octanol–water partition coefficient (Wildman–Crippen LogP) is 2.72. The van der Waals surface area contributed by atoms with Crippen LogP contribution in [0.3, 0.4) is 0 Å². The lowest BCUT2D eigenvalue weighted by Gasteiger charge is -2.18. The molecule has 1 heterocycles. The Balaban J connectivity index is 1.81. The van der Waals surface area contributed by atoms with Crippen LogP contribution in [0, 0.1) is 5.92 Å². The van der Waals surface area contributed by atoms with Crippen LogP contribution in [-0.2, 0) is 17.6 Å². The molecule has 3 nitrogen and oxygen atoms in total.